The van der Waals surface area contributed by atoms with Crippen LogP contribution in [0.2, 0.25) is 0 Å². The van der Waals surface area contributed by atoms with Gasteiger partial charge in [-0.15, -0.1) is 0 Å². The number of para-hydroxylation sites is 1. The Morgan fingerprint density at radius 2 is 1.70 bits per heavy atom. The Morgan fingerprint density at radius 3 is 2.30 bits per heavy atom. The molecule has 0 bridgehead atoms. The fraction of sp³-hybridized carbons (Fsp3) is 0.133. The van der Waals surface area contributed by atoms with E-state index in [1.54, 1.807) is 24.3 Å². The SMILES string of the molecule is COc1ccccc1C(=O)Nc1ccc(OC)c(S(N)(=O)=O)c1. The molecule has 3 N–H and O–H groups in total. The predicted octanol–water partition coefficient (Wildman–Crippen LogP) is 1.60. The molecule has 2 rings (SSSR count). The van der Waals surface area contributed by atoms with Crippen LogP contribution in [-0.2, 0) is 10.0 Å². The molecule has 0 saturated heterocycles. The average molecular weight is 336 g/mol. The average Bonchev–Trinajstić information content (AvgIpc) is 2.53. The second-order valence-corrected chi connectivity index (χ2v) is 6.09. The second-order valence-electron chi connectivity index (χ2n) is 4.57. The molecule has 0 atom stereocenters. The molecule has 7 nitrogen and oxygen atoms in total. The van der Waals surface area contributed by atoms with Gasteiger partial charge in [0.05, 0.1) is 19.8 Å². The van der Waals surface area contributed by atoms with Crippen molar-refractivity contribution in [2.75, 3.05) is 19.5 Å². The van der Waals surface area contributed by atoms with Gasteiger partial charge < -0.3 is 14.8 Å². The lowest BCUT2D eigenvalue weighted by molar-refractivity contribution is 0.102. The number of nitrogens with two attached hydrogens (primary N) is 1. The first-order valence-electron chi connectivity index (χ1n) is 6.52. The van der Waals surface area contributed by atoms with E-state index in [1.165, 1.54) is 32.4 Å². The highest BCUT2D eigenvalue weighted by Crippen LogP contribution is 2.27. The van der Waals surface area contributed by atoms with E-state index in [9.17, 15) is 13.2 Å². The third-order valence-corrected chi connectivity index (χ3v) is 4.01. The van der Waals surface area contributed by atoms with E-state index < -0.39 is 15.9 Å². The lowest BCUT2D eigenvalue weighted by Crippen LogP contribution is -2.16. The largest absolute Gasteiger partial charge is 0.496 e. The normalized spacial score (nSPS) is 10.9. The van der Waals surface area contributed by atoms with Gasteiger partial charge in [0.25, 0.3) is 5.91 Å². The van der Waals surface area contributed by atoms with Crippen molar-refractivity contribution in [1.82, 2.24) is 0 Å². The number of sulfonamides is 1. The molecule has 0 aliphatic heterocycles. The highest BCUT2D eigenvalue weighted by molar-refractivity contribution is 7.89. The number of carbonyl (C=O) groups is 1. The van der Waals surface area contributed by atoms with E-state index in [-0.39, 0.29) is 16.3 Å². The number of amides is 1. The molecule has 0 aromatic heterocycles. The van der Waals surface area contributed by atoms with Crippen LogP contribution >= 0.6 is 0 Å². The van der Waals surface area contributed by atoms with Gasteiger partial charge in [0.1, 0.15) is 16.4 Å². The van der Waals surface area contributed by atoms with Crippen LogP contribution in [0.3, 0.4) is 0 Å². The van der Waals surface area contributed by atoms with Gasteiger partial charge in [-0.25, -0.2) is 13.6 Å². The molecular formula is C15H16N2O5S. The standard InChI is InChI=1S/C15H16N2O5S/c1-21-12-6-4-3-5-11(12)15(18)17-10-7-8-13(22-2)14(9-10)23(16,19)20/h3-9H,1-2H3,(H,17,18)(H2,16,19,20). The minimum Gasteiger partial charge on any atom is -0.496 e. The zero-order valence-corrected chi connectivity index (χ0v) is 13.4. The molecule has 2 aromatic carbocycles. The van der Waals surface area contributed by atoms with Crippen LogP contribution in [0, 0.1) is 0 Å². The number of rotatable bonds is 5. The fourth-order valence-corrected chi connectivity index (χ4v) is 2.73. The van der Waals surface area contributed by atoms with E-state index in [1.807, 2.05) is 0 Å². The molecular weight excluding hydrogens is 320 g/mol. The van der Waals surface area contributed by atoms with E-state index in [4.69, 9.17) is 14.6 Å². The van der Waals surface area contributed by atoms with E-state index in [2.05, 4.69) is 5.32 Å². The monoisotopic (exact) mass is 336 g/mol. The van der Waals surface area contributed by atoms with Crippen LogP contribution in [0.5, 0.6) is 11.5 Å². The Morgan fingerprint density at radius 1 is 1.04 bits per heavy atom. The van der Waals surface area contributed by atoms with Gasteiger partial charge >= 0.3 is 0 Å². The van der Waals surface area contributed by atoms with Crippen LogP contribution in [0.1, 0.15) is 10.4 Å². The van der Waals surface area contributed by atoms with Gasteiger partial charge in [-0.2, -0.15) is 0 Å². The van der Waals surface area contributed by atoms with E-state index >= 15 is 0 Å². The Labute approximate surface area is 134 Å². The molecule has 23 heavy (non-hydrogen) atoms. The minimum absolute atomic E-state index is 0.0998. The highest BCUT2D eigenvalue weighted by atomic mass is 32.2. The van der Waals surface area contributed by atoms with Gasteiger partial charge in [-0.3, -0.25) is 4.79 Å². The van der Waals surface area contributed by atoms with Crippen LogP contribution in [0.15, 0.2) is 47.4 Å². The van der Waals surface area contributed by atoms with Crippen molar-refractivity contribution in [1.29, 1.82) is 0 Å². The molecule has 122 valence electrons. The number of methoxy groups -OCH3 is 2. The summed E-state index contributed by atoms with van der Waals surface area (Å²) in [7, 11) is -1.19. The van der Waals surface area contributed by atoms with Gasteiger partial charge in [-0.1, -0.05) is 12.1 Å². The zero-order valence-electron chi connectivity index (χ0n) is 12.6. The zero-order chi connectivity index (χ0) is 17.0. The molecule has 0 spiro atoms. The van der Waals surface area contributed by atoms with Crippen molar-refractivity contribution in [3.8, 4) is 11.5 Å². The molecule has 1 amide bonds. The third-order valence-electron chi connectivity index (χ3n) is 3.08. The summed E-state index contributed by atoms with van der Waals surface area (Å²) in [5.74, 6) is 0.0703. The molecule has 0 heterocycles. The molecule has 0 aliphatic rings. The molecule has 0 unspecified atom stereocenters. The molecule has 2 aromatic rings. The quantitative estimate of drug-likeness (QED) is 0.862. The summed E-state index contributed by atoms with van der Waals surface area (Å²) >= 11 is 0. The minimum atomic E-state index is -3.98. The summed E-state index contributed by atoms with van der Waals surface area (Å²) in [6, 6.07) is 10.8. The summed E-state index contributed by atoms with van der Waals surface area (Å²) < 4.78 is 33.3. The maximum Gasteiger partial charge on any atom is 0.259 e. The summed E-state index contributed by atoms with van der Waals surface area (Å²) in [6.45, 7) is 0. The number of anilines is 1. The maximum absolute atomic E-state index is 12.3. The van der Waals surface area contributed by atoms with Crippen LogP contribution < -0.4 is 19.9 Å². The van der Waals surface area contributed by atoms with Crippen LogP contribution in [0.25, 0.3) is 0 Å². The summed E-state index contributed by atoms with van der Waals surface area (Å²) in [5, 5.41) is 7.75. The maximum atomic E-state index is 12.3. The summed E-state index contributed by atoms with van der Waals surface area (Å²) in [6.07, 6.45) is 0. The molecule has 0 aliphatic carbocycles. The van der Waals surface area contributed by atoms with E-state index in [0.717, 1.165) is 0 Å². The number of nitrogens with one attached hydrogen (secondary N) is 1. The first-order valence-corrected chi connectivity index (χ1v) is 8.06. The number of ether oxygens (including phenoxy) is 2. The van der Waals surface area contributed by atoms with Gasteiger partial charge in [0.15, 0.2) is 0 Å². The number of primary sulfonamides is 1. The topological polar surface area (TPSA) is 108 Å². The molecule has 8 heteroatoms. The fourth-order valence-electron chi connectivity index (χ4n) is 2.01. The van der Waals surface area contributed by atoms with E-state index in [0.29, 0.717) is 11.3 Å². The van der Waals surface area contributed by atoms with Crippen molar-refractivity contribution in [2.24, 2.45) is 5.14 Å². The Kier molecular flexibility index (Phi) is 4.87. The van der Waals surface area contributed by atoms with Crippen molar-refractivity contribution >= 4 is 21.6 Å². The molecule has 0 fully saturated rings. The van der Waals surface area contributed by atoms with Crippen molar-refractivity contribution in [3.63, 3.8) is 0 Å². The van der Waals surface area contributed by atoms with Gasteiger partial charge in [0, 0.05) is 5.69 Å². The van der Waals surface area contributed by atoms with Gasteiger partial charge in [0.2, 0.25) is 10.0 Å². The first-order chi connectivity index (χ1) is 10.9. The smallest absolute Gasteiger partial charge is 0.259 e. The van der Waals surface area contributed by atoms with Crippen LogP contribution in [-0.4, -0.2) is 28.5 Å². The lowest BCUT2D eigenvalue weighted by atomic mass is 10.2. The number of benzene rings is 2. The Bertz CT molecular complexity index is 834. The number of hydrogen-bond donors (Lipinski definition) is 2. The summed E-state index contributed by atoms with van der Waals surface area (Å²) in [4.78, 5) is 12.1. The van der Waals surface area contributed by atoms with Crippen molar-refractivity contribution in [2.45, 2.75) is 4.90 Å². The molecule has 0 radical (unpaired) electrons. The van der Waals surface area contributed by atoms with Crippen molar-refractivity contribution < 1.29 is 22.7 Å². The lowest BCUT2D eigenvalue weighted by Gasteiger charge is -2.11. The summed E-state index contributed by atoms with van der Waals surface area (Å²) in [5.41, 5.74) is 0.591. The van der Waals surface area contributed by atoms with Gasteiger partial charge in [-0.05, 0) is 30.3 Å². The highest BCUT2D eigenvalue weighted by Gasteiger charge is 2.17. The van der Waals surface area contributed by atoms with Crippen LogP contribution in [0.4, 0.5) is 5.69 Å². The molecule has 0 saturated carbocycles. The Hall–Kier alpha value is -2.58. The first kappa shape index (κ1) is 16.8. The third kappa shape index (κ3) is 3.79. The van der Waals surface area contributed by atoms with Crippen molar-refractivity contribution in [3.05, 3.63) is 48.0 Å². The second kappa shape index (κ2) is 6.67. The Balaban J connectivity index is 2.35. The number of hydrogen-bond acceptors (Lipinski definition) is 5. The number of carbonyl (C=O) groups excluding carboxylic acids is 1. The predicted molar refractivity (Wildman–Crippen MR) is 85.3 cm³/mol.